The van der Waals surface area contributed by atoms with Crippen molar-refractivity contribution >= 4 is 0 Å². The molecule has 0 amide bonds. The molecule has 0 saturated heterocycles. The van der Waals surface area contributed by atoms with Gasteiger partial charge in [0.15, 0.2) is 6.29 Å². The summed E-state index contributed by atoms with van der Waals surface area (Å²) in [6.45, 7) is 4.33. The molecule has 5 N–H and O–H groups in total. The number of rotatable bonds is 7. The molecular formula is C14H26N2O3. The van der Waals surface area contributed by atoms with Gasteiger partial charge in [-0.3, -0.25) is 0 Å². The standard InChI is InChI=1S/C12H20N2O3.C2H6/c1-14-10(12(13)16)7-11(15)17-8-9-5-3-2-4-6-9;1-2/h2-6,10-12,14-16H,7-8,13H2,1H3;1-2H3/t10-,11?,12?;/m1./s1. The van der Waals surface area contributed by atoms with Crippen molar-refractivity contribution in [1.82, 2.24) is 5.32 Å². The van der Waals surface area contributed by atoms with Gasteiger partial charge in [0.1, 0.15) is 6.23 Å². The van der Waals surface area contributed by atoms with Gasteiger partial charge in [0.25, 0.3) is 0 Å². The molecule has 0 spiro atoms. The Morgan fingerprint density at radius 2 is 1.79 bits per heavy atom. The largest absolute Gasteiger partial charge is 0.377 e. The molecule has 0 radical (unpaired) electrons. The van der Waals surface area contributed by atoms with Crippen LogP contribution in [0.5, 0.6) is 0 Å². The van der Waals surface area contributed by atoms with Gasteiger partial charge >= 0.3 is 0 Å². The minimum absolute atomic E-state index is 0.237. The van der Waals surface area contributed by atoms with E-state index in [2.05, 4.69) is 5.32 Å². The van der Waals surface area contributed by atoms with Crippen LogP contribution in [0.4, 0.5) is 0 Å². The topological polar surface area (TPSA) is 87.7 Å². The van der Waals surface area contributed by atoms with Crippen molar-refractivity contribution in [3.05, 3.63) is 35.9 Å². The quantitative estimate of drug-likeness (QED) is 0.551. The molecule has 0 aliphatic rings. The van der Waals surface area contributed by atoms with Crippen LogP contribution in [0, 0.1) is 0 Å². The number of nitrogens with one attached hydrogen (secondary N) is 1. The van der Waals surface area contributed by atoms with Crippen molar-refractivity contribution in [1.29, 1.82) is 0 Å². The van der Waals surface area contributed by atoms with Crippen LogP contribution in [-0.2, 0) is 11.3 Å². The van der Waals surface area contributed by atoms with E-state index in [0.29, 0.717) is 6.61 Å². The van der Waals surface area contributed by atoms with Gasteiger partial charge in [-0.05, 0) is 12.6 Å². The fourth-order valence-electron chi connectivity index (χ4n) is 1.48. The summed E-state index contributed by atoms with van der Waals surface area (Å²) in [7, 11) is 1.67. The first-order valence-corrected chi connectivity index (χ1v) is 6.58. The van der Waals surface area contributed by atoms with Crippen molar-refractivity contribution < 1.29 is 14.9 Å². The number of hydrogen-bond donors (Lipinski definition) is 4. The Morgan fingerprint density at radius 3 is 2.26 bits per heavy atom. The van der Waals surface area contributed by atoms with Crippen LogP contribution in [0.25, 0.3) is 0 Å². The first-order valence-electron chi connectivity index (χ1n) is 6.58. The zero-order chi connectivity index (χ0) is 14.7. The molecule has 3 atom stereocenters. The van der Waals surface area contributed by atoms with E-state index in [1.165, 1.54) is 0 Å². The Morgan fingerprint density at radius 1 is 1.21 bits per heavy atom. The number of ether oxygens (including phenoxy) is 1. The van der Waals surface area contributed by atoms with Gasteiger partial charge in [-0.1, -0.05) is 44.2 Å². The molecule has 0 aliphatic carbocycles. The highest BCUT2D eigenvalue weighted by Crippen LogP contribution is 2.06. The van der Waals surface area contributed by atoms with E-state index in [4.69, 9.17) is 10.5 Å². The van der Waals surface area contributed by atoms with Gasteiger partial charge < -0.3 is 26.0 Å². The molecule has 2 unspecified atom stereocenters. The second kappa shape index (κ2) is 10.9. The number of aliphatic hydroxyl groups excluding tert-OH is 2. The van der Waals surface area contributed by atoms with Gasteiger partial charge in [0.2, 0.25) is 0 Å². The molecule has 1 aromatic carbocycles. The highest BCUT2D eigenvalue weighted by atomic mass is 16.6. The van der Waals surface area contributed by atoms with Crippen LogP contribution in [0.3, 0.4) is 0 Å². The molecule has 0 bridgehead atoms. The highest BCUT2D eigenvalue weighted by molar-refractivity contribution is 5.13. The molecule has 0 fully saturated rings. The zero-order valence-corrected chi connectivity index (χ0v) is 11.9. The number of hydrogen-bond acceptors (Lipinski definition) is 5. The van der Waals surface area contributed by atoms with Crippen LogP contribution in [-0.4, -0.2) is 35.8 Å². The first-order chi connectivity index (χ1) is 9.13. The minimum atomic E-state index is -1.02. The van der Waals surface area contributed by atoms with E-state index < -0.39 is 12.5 Å². The third-order valence-electron chi connectivity index (χ3n) is 2.52. The summed E-state index contributed by atoms with van der Waals surface area (Å²) in [4.78, 5) is 0. The molecule has 5 heteroatoms. The van der Waals surface area contributed by atoms with E-state index in [1.807, 2.05) is 44.2 Å². The fourth-order valence-corrected chi connectivity index (χ4v) is 1.48. The van der Waals surface area contributed by atoms with Gasteiger partial charge in [-0.2, -0.15) is 0 Å². The number of aliphatic hydroxyl groups is 2. The van der Waals surface area contributed by atoms with E-state index in [1.54, 1.807) is 7.05 Å². The van der Waals surface area contributed by atoms with Crippen molar-refractivity contribution in [2.24, 2.45) is 5.73 Å². The van der Waals surface area contributed by atoms with Crippen LogP contribution in [0.1, 0.15) is 25.8 Å². The van der Waals surface area contributed by atoms with Gasteiger partial charge in [-0.25, -0.2) is 0 Å². The summed E-state index contributed by atoms with van der Waals surface area (Å²) in [6.07, 6.45) is -1.73. The summed E-state index contributed by atoms with van der Waals surface area (Å²) in [6, 6.07) is 9.18. The SMILES string of the molecule is CC.CN[C@H](CC(O)OCc1ccccc1)C(N)O. The second-order valence-electron chi connectivity index (χ2n) is 3.87. The summed E-state index contributed by atoms with van der Waals surface area (Å²) in [5, 5.41) is 21.6. The summed E-state index contributed by atoms with van der Waals surface area (Å²) >= 11 is 0. The van der Waals surface area contributed by atoms with Crippen molar-refractivity contribution in [3.8, 4) is 0 Å². The molecule has 5 nitrogen and oxygen atoms in total. The lowest BCUT2D eigenvalue weighted by Crippen LogP contribution is -2.45. The van der Waals surface area contributed by atoms with E-state index in [0.717, 1.165) is 5.56 Å². The van der Waals surface area contributed by atoms with Gasteiger partial charge in [-0.15, -0.1) is 0 Å². The third-order valence-corrected chi connectivity index (χ3v) is 2.52. The van der Waals surface area contributed by atoms with Crippen LogP contribution >= 0.6 is 0 Å². The fraction of sp³-hybridized carbons (Fsp3) is 0.571. The van der Waals surface area contributed by atoms with Gasteiger partial charge in [0, 0.05) is 6.42 Å². The Labute approximate surface area is 115 Å². The second-order valence-corrected chi connectivity index (χ2v) is 3.87. The predicted molar refractivity (Wildman–Crippen MR) is 76.2 cm³/mol. The molecule has 0 aliphatic heterocycles. The van der Waals surface area contributed by atoms with E-state index >= 15 is 0 Å². The summed E-state index contributed by atoms with van der Waals surface area (Å²) in [5.41, 5.74) is 6.32. The van der Waals surface area contributed by atoms with E-state index in [-0.39, 0.29) is 12.5 Å². The maximum atomic E-state index is 9.63. The van der Waals surface area contributed by atoms with Gasteiger partial charge in [0.05, 0.1) is 12.6 Å². The molecule has 19 heavy (non-hydrogen) atoms. The van der Waals surface area contributed by atoms with Crippen molar-refractivity contribution in [2.75, 3.05) is 7.05 Å². The van der Waals surface area contributed by atoms with Crippen LogP contribution in [0.2, 0.25) is 0 Å². The van der Waals surface area contributed by atoms with Crippen LogP contribution in [0.15, 0.2) is 30.3 Å². The third kappa shape index (κ3) is 7.92. The lowest BCUT2D eigenvalue weighted by Gasteiger charge is -2.22. The molecule has 0 aromatic heterocycles. The molecule has 110 valence electrons. The monoisotopic (exact) mass is 270 g/mol. The summed E-state index contributed by atoms with van der Waals surface area (Å²) in [5.74, 6) is 0. The van der Waals surface area contributed by atoms with E-state index in [9.17, 15) is 10.2 Å². The lowest BCUT2D eigenvalue weighted by molar-refractivity contribution is -0.121. The average molecular weight is 270 g/mol. The number of likely N-dealkylation sites (N-methyl/N-ethyl adjacent to an activating group) is 1. The highest BCUT2D eigenvalue weighted by Gasteiger charge is 2.18. The summed E-state index contributed by atoms with van der Waals surface area (Å²) < 4.78 is 5.26. The Hall–Kier alpha value is -0.980. The maximum absolute atomic E-state index is 9.63. The number of nitrogens with two attached hydrogens (primary N) is 1. The van der Waals surface area contributed by atoms with Crippen molar-refractivity contribution in [3.63, 3.8) is 0 Å². The minimum Gasteiger partial charge on any atom is -0.377 e. The molecular weight excluding hydrogens is 244 g/mol. The first kappa shape index (κ1) is 18.0. The maximum Gasteiger partial charge on any atom is 0.156 e. The predicted octanol–water partition coefficient (Wildman–Crippen LogP) is 0.803. The molecule has 0 heterocycles. The smallest absolute Gasteiger partial charge is 0.156 e. The van der Waals surface area contributed by atoms with Crippen LogP contribution < -0.4 is 11.1 Å². The zero-order valence-electron chi connectivity index (χ0n) is 11.9. The average Bonchev–Trinajstić information content (AvgIpc) is 2.45. The lowest BCUT2D eigenvalue weighted by atomic mass is 10.2. The Kier molecular flexibility index (Phi) is 10.3. The Bertz CT molecular complexity index is 307. The molecule has 1 rings (SSSR count). The number of benzene rings is 1. The molecule has 1 aromatic rings. The Balaban J connectivity index is 0.00000154. The molecule has 0 saturated carbocycles. The normalized spacial score (nSPS) is 15.1. The van der Waals surface area contributed by atoms with Crippen molar-refractivity contribution in [2.45, 2.75) is 45.4 Å².